The maximum absolute atomic E-state index is 13.9. The van der Waals surface area contributed by atoms with Crippen LogP contribution in [0.5, 0.6) is 11.6 Å². The lowest BCUT2D eigenvalue weighted by Crippen LogP contribution is -2.27. The molecule has 0 bridgehead atoms. The molecule has 9 nitrogen and oxygen atoms in total. The Morgan fingerprint density at radius 3 is 2.82 bits per heavy atom. The molecule has 0 unspecified atom stereocenters. The van der Waals surface area contributed by atoms with E-state index < -0.39 is 5.82 Å². The number of fused-ring (bicyclic) bond motifs is 1. The predicted molar refractivity (Wildman–Crippen MR) is 120 cm³/mol. The number of likely N-dealkylation sites (tertiary alicyclic amines) is 1. The first-order valence-corrected chi connectivity index (χ1v) is 10.3. The zero-order valence-corrected chi connectivity index (χ0v) is 17.6. The van der Waals surface area contributed by atoms with Crippen LogP contribution >= 0.6 is 0 Å². The van der Waals surface area contributed by atoms with Gasteiger partial charge in [-0.2, -0.15) is 5.10 Å². The Morgan fingerprint density at radius 1 is 1.21 bits per heavy atom. The van der Waals surface area contributed by atoms with Crippen LogP contribution in [0.15, 0.2) is 61.6 Å². The van der Waals surface area contributed by atoms with E-state index in [1.807, 2.05) is 0 Å². The van der Waals surface area contributed by atoms with Gasteiger partial charge in [-0.1, -0.05) is 18.7 Å². The number of carbonyl (C=O) groups is 1. The Morgan fingerprint density at radius 2 is 2.06 bits per heavy atom. The summed E-state index contributed by atoms with van der Waals surface area (Å²) in [5.41, 5.74) is 8.02. The Kier molecular flexibility index (Phi) is 5.17. The monoisotopic (exact) mass is 445 g/mol. The fourth-order valence-corrected chi connectivity index (χ4v) is 3.94. The summed E-state index contributed by atoms with van der Waals surface area (Å²) in [5.74, 6) is 0.0395. The molecule has 4 heterocycles. The number of nitrogens with zero attached hydrogens (tertiary/aromatic N) is 6. The van der Waals surface area contributed by atoms with Crippen molar-refractivity contribution in [3.05, 3.63) is 67.4 Å². The second kappa shape index (κ2) is 8.30. The Bertz CT molecular complexity index is 1350. The predicted octanol–water partition coefficient (Wildman–Crippen LogP) is 3.36. The Balaban J connectivity index is 1.49. The quantitative estimate of drug-likeness (QED) is 0.469. The van der Waals surface area contributed by atoms with Gasteiger partial charge in [0, 0.05) is 30.9 Å². The maximum Gasteiger partial charge on any atom is 0.246 e. The van der Waals surface area contributed by atoms with E-state index in [1.165, 1.54) is 24.5 Å². The summed E-state index contributed by atoms with van der Waals surface area (Å²) in [5, 5.41) is 5.39. The molecule has 0 radical (unpaired) electrons. The van der Waals surface area contributed by atoms with Crippen molar-refractivity contribution in [3.63, 3.8) is 0 Å². The second-order valence-electron chi connectivity index (χ2n) is 7.60. The van der Waals surface area contributed by atoms with Crippen molar-refractivity contribution in [2.24, 2.45) is 0 Å². The van der Waals surface area contributed by atoms with Gasteiger partial charge in [-0.15, -0.1) is 0 Å². The molecule has 10 heteroatoms. The lowest BCUT2D eigenvalue weighted by Gasteiger charge is -2.14. The molecule has 166 valence electrons. The highest BCUT2D eigenvalue weighted by Gasteiger charge is 2.30. The smallest absolute Gasteiger partial charge is 0.246 e. The van der Waals surface area contributed by atoms with Gasteiger partial charge in [-0.25, -0.2) is 24.0 Å². The molecule has 0 spiro atoms. The normalized spacial score (nSPS) is 15.7. The number of anilines is 1. The number of carbonyl (C=O) groups excluding carboxylic acids is 1. The number of nitrogens with two attached hydrogens (primary N) is 1. The summed E-state index contributed by atoms with van der Waals surface area (Å²) >= 11 is 0. The van der Waals surface area contributed by atoms with Crippen LogP contribution in [0.25, 0.3) is 22.3 Å². The van der Waals surface area contributed by atoms with Gasteiger partial charge in [-0.3, -0.25) is 4.79 Å². The molecule has 4 aromatic rings. The summed E-state index contributed by atoms with van der Waals surface area (Å²) in [6, 6.07) is 9.45. The number of ether oxygens (including phenoxy) is 1. The zero-order chi connectivity index (χ0) is 22.9. The highest BCUT2D eigenvalue weighted by molar-refractivity contribution is 5.98. The summed E-state index contributed by atoms with van der Waals surface area (Å²) in [6.07, 6.45) is 5.01. The molecule has 1 amide bonds. The topological polar surface area (TPSA) is 112 Å². The fourth-order valence-electron chi connectivity index (χ4n) is 3.94. The van der Waals surface area contributed by atoms with Crippen molar-refractivity contribution in [1.29, 1.82) is 0 Å². The van der Waals surface area contributed by atoms with Crippen molar-refractivity contribution in [1.82, 2.24) is 29.6 Å². The molecule has 0 saturated carbocycles. The van der Waals surface area contributed by atoms with Crippen molar-refractivity contribution in [2.75, 3.05) is 18.8 Å². The van der Waals surface area contributed by atoms with Crippen molar-refractivity contribution < 1.29 is 13.9 Å². The number of benzene rings is 1. The van der Waals surface area contributed by atoms with Gasteiger partial charge < -0.3 is 15.4 Å². The summed E-state index contributed by atoms with van der Waals surface area (Å²) in [6.45, 7) is 4.66. The molecule has 1 aliphatic heterocycles. The number of para-hydroxylation sites is 1. The molecule has 0 aliphatic carbocycles. The van der Waals surface area contributed by atoms with Crippen LogP contribution in [-0.2, 0) is 4.79 Å². The number of aromatic nitrogens is 5. The highest BCUT2D eigenvalue weighted by atomic mass is 19.1. The van der Waals surface area contributed by atoms with Crippen molar-refractivity contribution in [2.45, 2.75) is 12.5 Å². The minimum atomic E-state index is -0.474. The van der Waals surface area contributed by atoms with Crippen LogP contribution in [0.4, 0.5) is 10.2 Å². The van der Waals surface area contributed by atoms with E-state index >= 15 is 0 Å². The van der Waals surface area contributed by atoms with Gasteiger partial charge in [0.1, 0.15) is 17.8 Å². The number of pyridine rings is 1. The third kappa shape index (κ3) is 3.75. The molecule has 1 aliphatic rings. The molecule has 5 rings (SSSR count). The molecule has 3 aromatic heterocycles. The first-order chi connectivity index (χ1) is 16.0. The molecule has 2 N–H and O–H groups in total. The number of hydrogen-bond donors (Lipinski definition) is 1. The van der Waals surface area contributed by atoms with Crippen LogP contribution in [0.3, 0.4) is 0 Å². The lowest BCUT2D eigenvalue weighted by molar-refractivity contribution is -0.125. The summed E-state index contributed by atoms with van der Waals surface area (Å²) in [7, 11) is 0. The molecule has 1 saturated heterocycles. The number of nitrogen functional groups attached to an aromatic ring is 1. The van der Waals surface area contributed by atoms with E-state index in [9.17, 15) is 9.18 Å². The van der Waals surface area contributed by atoms with Crippen LogP contribution < -0.4 is 10.5 Å². The standard InChI is InChI=1S/C23H20FN7O2/c1-2-19(32)30-10-9-15(12-30)31-23-20(22(25)27-13-28-23)21(29-31)14-7-8-18(26-11-14)33-17-6-4-3-5-16(17)24/h2-8,11,13,15H,1,9-10,12H2,(H2,25,27,28)/t15-/m1/s1. The van der Waals surface area contributed by atoms with Crippen LogP contribution in [0, 0.1) is 5.82 Å². The third-order valence-electron chi connectivity index (χ3n) is 5.57. The molecule has 1 atom stereocenters. The number of hydrogen-bond acceptors (Lipinski definition) is 7. The van der Waals surface area contributed by atoms with Gasteiger partial charge in [0.15, 0.2) is 17.2 Å². The van der Waals surface area contributed by atoms with E-state index in [2.05, 4.69) is 21.5 Å². The van der Waals surface area contributed by atoms with Gasteiger partial charge in [0.25, 0.3) is 0 Å². The van der Waals surface area contributed by atoms with E-state index in [1.54, 1.807) is 40.0 Å². The molecule has 1 aromatic carbocycles. The van der Waals surface area contributed by atoms with Crippen molar-refractivity contribution in [3.8, 4) is 22.9 Å². The zero-order valence-electron chi connectivity index (χ0n) is 17.6. The average Bonchev–Trinajstić information content (AvgIpc) is 3.47. The maximum atomic E-state index is 13.9. The highest BCUT2D eigenvalue weighted by Crippen LogP contribution is 2.34. The molecular formula is C23H20FN7O2. The van der Waals surface area contributed by atoms with Crippen LogP contribution in [0.1, 0.15) is 12.5 Å². The second-order valence-corrected chi connectivity index (χ2v) is 7.60. The average molecular weight is 445 g/mol. The molecular weight excluding hydrogens is 425 g/mol. The van der Waals surface area contributed by atoms with E-state index in [4.69, 9.17) is 15.6 Å². The number of halogens is 1. The van der Waals surface area contributed by atoms with Gasteiger partial charge >= 0.3 is 0 Å². The lowest BCUT2D eigenvalue weighted by atomic mass is 10.1. The van der Waals surface area contributed by atoms with E-state index in [0.29, 0.717) is 41.2 Å². The summed E-state index contributed by atoms with van der Waals surface area (Å²) < 4.78 is 21.2. The number of rotatable bonds is 5. The minimum absolute atomic E-state index is 0.0592. The largest absolute Gasteiger partial charge is 0.436 e. The van der Waals surface area contributed by atoms with E-state index in [-0.39, 0.29) is 23.6 Å². The van der Waals surface area contributed by atoms with E-state index in [0.717, 1.165) is 6.42 Å². The number of amides is 1. The van der Waals surface area contributed by atoms with Gasteiger partial charge in [0.05, 0.1) is 11.4 Å². The van der Waals surface area contributed by atoms with Crippen molar-refractivity contribution >= 4 is 22.8 Å². The van der Waals surface area contributed by atoms with Crippen LogP contribution in [0.2, 0.25) is 0 Å². The third-order valence-corrected chi connectivity index (χ3v) is 5.57. The molecule has 33 heavy (non-hydrogen) atoms. The first-order valence-electron chi connectivity index (χ1n) is 10.3. The fraction of sp³-hybridized carbons (Fsp3) is 0.174. The summed E-state index contributed by atoms with van der Waals surface area (Å²) in [4.78, 5) is 26.6. The minimum Gasteiger partial charge on any atom is -0.436 e. The Labute approximate surface area is 188 Å². The SMILES string of the molecule is C=CC(=O)N1CC[C@@H](n2nc(-c3ccc(Oc4ccccc4F)nc3)c3c(N)ncnc32)C1. The Hall–Kier alpha value is -4.34. The van der Waals surface area contributed by atoms with Gasteiger partial charge in [-0.05, 0) is 30.7 Å². The van der Waals surface area contributed by atoms with Gasteiger partial charge in [0.2, 0.25) is 11.8 Å². The van der Waals surface area contributed by atoms with Crippen LogP contribution in [-0.4, -0.2) is 48.6 Å². The molecule has 1 fully saturated rings. The first kappa shape index (κ1) is 20.6.